The maximum atomic E-state index is 9.68. The lowest BCUT2D eigenvalue weighted by atomic mass is 9.79. The van der Waals surface area contributed by atoms with Crippen LogP contribution in [0.15, 0.2) is 0 Å². The molecule has 0 radical (unpaired) electrons. The van der Waals surface area contributed by atoms with Gasteiger partial charge in [-0.05, 0) is 71.5 Å². The Labute approximate surface area is 129 Å². The first kappa shape index (κ1) is 15.3. The molecular weight excluding hydrogens is 260 g/mol. The lowest BCUT2D eigenvalue weighted by Crippen LogP contribution is -2.53. The molecule has 1 saturated heterocycles. The van der Waals surface area contributed by atoms with Crippen LogP contribution in [0.5, 0.6) is 0 Å². The van der Waals surface area contributed by atoms with E-state index < -0.39 is 0 Å². The number of nitrogens with zero attached hydrogens (tertiary/aromatic N) is 3. The normalized spacial score (nSPS) is 34.2. The number of hydrogen-bond donors (Lipinski definition) is 1. The highest BCUT2D eigenvalue weighted by molar-refractivity contribution is 5.13. The molecule has 0 spiro atoms. The van der Waals surface area contributed by atoms with Crippen LogP contribution < -0.4 is 5.32 Å². The summed E-state index contributed by atoms with van der Waals surface area (Å²) in [6.45, 7) is 4.91. The molecule has 1 heterocycles. The standard InChI is InChI=1S/C17H30N4/c1-20(11-12-21-9-2-3-10-21)16-5-4-8-17(13-16,14-18)19-15-6-7-15/h15-16,19H,2-13H2,1H3. The van der Waals surface area contributed by atoms with E-state index in [4.69, 9.17) is 0 Å². The third-order valence-corrected chi connectivity index (χ3v) is 5.59. The number of nitriles is 1. The molecule has 2 aliphatic carbocycles. The zero-order valence-corrected chi connectivity index (χ0v) is 13.5. The fourth-order valence-electron chi connectivity index (χ4n) is 3.99. The maximum Gasteiger partial charge on any atom is 0.108 e. The van der Waals surface area contributed by atoms with Crippen LogP contribution in [0.25, 0.3) is 0 Å². The largest absolute Gasteiger partial charge is 0.302 e. The third-order valence-electron chi connectivity index (χ3n) is 5.59. The summed E-state index contributed by atoms with van der Waals surface area (Å²) in [4.78, 5) is 5.09. The van der Waals surface area contributed by atoms with Crippen molar-refractivity contribution in [1.29, 1.82) is 5.26 Å². The van der Waals surface area contributed by atoms with Crippen molar-refractivity contribution in [3.63, 3.8) is 0 Å². The molecule has 2 atom stereocenters. The Morgan fingerprint density at radius 1 is 1.24 bits per heavy atom. The van der Waals surface area contributed by atoms with Crippen LogP contribution in [0.1, 0.15) is 51.4 Å². The maximum absolute atomic E-state index is 9.68. The average molecular weight is 290 g/mol. The van der Waals surface area contributed by atoms with E-state index in [1.54, 1.807) is 0 Å². The first-order chi connectivity index (χ1) is 10.2. The fourth-order valence-corrected chi connectivity index (χ4v) is 3.99. The molecule has 3 aliphatic rings. The van der Waals surface area contributed by atoms with E-state index in [2.05, 4.69) is 28.2 Å². The third kappa shape index (κ3) is 3.97. The van der Waals surface area contributed by atoms with E-state index in [9.17, 15) is 5.26 Å². The Hall–Kier alpha value is -0.630. The van der Waals surface area contributed by atoms with Gasteiger partial charge in [0.25, 0.3) is 0 Å². The molecule has 118 valence electrons. The molecule has 2 unspecified atom stereocenters. The number of hydrogen-bond acceptors (Lipinski definition) is 4. The predicted octanol–water partition coefficient (Wildman–Crippen LogP) is 1.97. The topological polar surface area (TPSA) is 42.3 Å². The molecule has 1 N–H and O–H groups in total. The molecule has 0 amide bonds. The van der Waals surface area contributed by atoms with Crippen molar-refractivity contribution in [2.24, 2.45) is 0 Å². The minimum atomic E-state index is -0.244. The highest BCUT2D eigenvalue weighted by Crippen LogP contribution is 2.34. The zero-order chi connectivity index (χ0) is 14.7. The van der Waals surface area contributed by atoms with Gasteiger partial charge in [-0.25, -0.2) is 0 Å². The van der Waals surface area contributed by atoms with Gasteiger partial charge in [0.05, 0.1) is 6.07 Å². The summed E-state index contributed by atoms with van der Waals surface area (Å²) < 4.78 is 0. The van der Waals surface area contributed by atoms with Gasteiger partial charge in [-0.3, -0.25) is 5.32 Å². The van der Waals surface area contributed by atoms with Gasteiger partial charge < -0.3 is 9.80 Å². The predicted molar refractivity (Wildman–Crippen MR) is 85.1 cm³/mol. The SMILES string of the molecule is CN(CCN1CCCC1)C1CCCC(C#N)(NC2CC2)C1. The summed E-state index contributed by atoms with van der Waals surface area (Å²) >= 11 is 0. The Morgan fingerprint density at radius 2 is 2.00 bits per heavy atom. The summed E-state index contributed by atoms with van der Waals surface area (Å²) in [7, 11) is 2.26. The number of likely N-dealkylation sites (tertiary alicyclic amines) is 1. The van der Waals surface area contributed by atoms with Crippen molar-refractivity contribution in [2.75, 3.05) is 33.2 Å². The summed E-state index contributed by atoms with van der Waals surface area (Å²) in [6.07, 6.45) is 9.76. The molecule has 0 aromatic carbocycles. The van der Waals surface area contributed by atoms with E-state index in [0.29, 0.717) is 12.1 Å². The summed E-state index contributed by atoms with van der Waals surface area (Å²) in [6, 6.07) is 3.82. The van der Waals surface area contributed by atoms with Crippen molar-refractivity contribution in [3.05, 3.63) is 0 Å². The van der Waals surface area contributed by atoms with Crippen molar-refractivity contribution < 1.29 is 0 Å². The quantitative estimate of drug-likeness (QED) is 0.812. The number of rotatable bonds is 6. The van der Waals surface area contributed by atoms with E-state index in [1.165, 1.54) is 58.2 Å². The molecule has 0 aromatic rings. The summed E-state index contributed by atoms with van der Waals surface area (Å²) in [5, 5.41) is 13.3. The van der Waals surface area contributed by atoms with Crippen LogP contribution in [0, 0.1) is 11.3 Å². The highest BCUT2D eigenvalue weighted by Gasteiger charge is 2.41. The fraction of sp³-hybridized carbons (Fsp3) is 0.941. The molecule has 0 bridgehead atoms. The van der Waals surface area contributed by atoms with Gasteiger partial charge in [0.1, 0.15) is 5.54 Å². The van der Waals surface area contributed by atoms with E-state index >= 15 is 0 Å². The van der Waals surface area contributed by atoms with Crippen molar-refractivity contribution >= 4 is 0 Å². The minimum Gasteiger partial charge on any atom is -0.302 e. The lowest BCUT2D eigenvalue weighted by molar-refractivity contribution is 0.132. The molecule has 3 rings (SSSR count). The number of nitrogens with one attached hydrogen (secondary N) is 1. The van der Waals surface area contributed by atoms with Crippen LogP contribution in [0.3, 0.4) is 0 Å². The van der Waals surface area contributed by atoms with Crippen LogP contribution in [-0.2, 0) is 0 Å². The second-order valence-electron chi connectivity index (χ2n) is 7.39. The van der Waals surface area contributed by atoms with E-state index in [0.717, 1.165) is 19.4 Å². The molecule has 21 heavy (non-hydrogen) atoms. The van der Waals surface area contributed by atoms with Crippen LogP contribution in [0.2, 0.25) is 0 Å². The van der Waals surface area contributed by atoms with E-state index in [1.807, 2.05) is 0 Å². The first-order valence-corrected chi connectivity index (χ1v) is 8.82. The van der Waals surface area contributed by atoms with Crippen molar-refractivity contribution in [1.82, 2.24) is 15.1 Å². The molecule has 4 heteroatoms. The van der Waals surface area contributed by atoms with Crippen LogP contribution in [0.4, 0.5) is 0 Å². The van der Waals surface area contributed by atoms with Crippen molar-refractivity contribution in [3.8, 4) is 6.07 Å². The van der Waals surface area contributed by atoms with Gasteiger partial charge in [-0.15, -0.1) is 0 Å². The smallest absolute Gasteiger partial charge is 0.108 e. The van der Waals surface area contributed by atoms with Crippen LogP contribution >= 0.6 is 0 Å². The van der Waals surface area contributed by atoms with Gasteiger partial charge in [0, 0.05) is 25.2 Å². The second kappa shape index (κ2) is 6.64. The van der Waals surface area contributed by atoms with E-state index in [-0.39, 0.29) is 5.54 Å². The average Bonchev–Trinajstić information content (AvgIpc) is 3.16. The Morgan fingerprint density at radius 3 is 2.67 bits per heavy atom. The minimum absolute atomic E-state index is 0.244. The van der Waals surface area contributed by atoms with Crippen molar-refractivity contribution in [2.45, 2.75) is 69.0 Å². The zero-order valence-electron chi connectivity index (χ0n) is 13.5. The summed E-state index contributed by atoms with van der Waals surface area (Å²) in [5.41, 5.74) is -0.244. The molecular formula is C17H30N4. The summed E-state index contributed by atoms with van der Waals surface area (Å²) in [5.74, 6) is 0. The first-order valence-electron chi connectivity index (χ1n) is 8.82. The second-order valence-corrected chi connectivity index (χ2v) is 7.39. The lowest BCUT2D eigenvalue weighted by Gasteiger charge is -2.41. The van der Waals surface area contributed by atoms with Gasteiger partial charge in [0.2, 0.25) is 0 Å². The van der Waals surface area contributed by atoms with Gasteiger partial charge in [-0.2, -0.15) is 5.26 Å². The van der Waals surface area contributed by atoms with Crippen LogP contribution in [-0.4, -0.2) is 60.6 Å². The molecule has 4 nitrogen and oxygen atoms in total. The molecule has 3 fully saturated rings. The highest BCUT2D eigenvalue weighted by atomic mass is 15.2. The van der Waals surface area contributed by atoms with Gasteiger partial charge in [-0.1, -0.05) is 0 Å². The Balaban J connectivity index is 1.50. The Kier molecular flexibility index (Phi) is 4.83. The molecule has 0 aromatic heterocycles. The Bertz CT molecular complexity index is 381. The molecule has 2 saturated carbocycles. The molecule has 1 aliphatic heterocycles. The number of likely N-dealkylation sites (N-methyl/N-ethyl adjacent to an activating group) is 1. The van der Waals surface area contributed by atoms with Gasteiger partial charge >= 0.3 is 0 Å². The monoisotopic (exact) mass is 290 g/mol. The van der Waals surface area contributed by atoms with Gasteiger partial charge in [0.15, 0.2) is 0 Å².